The number of hydrogen-bond acceptors (Lipinski definition) is 3. The van der Waals surface area contributed by atoms with Crippen molar-refractivity contribution in [2.45, 2.75) is 44.7 Å². The summed E-state index contributed by atoms with van der Waals surface area (Å²) in [5, 5.41) is 13.2. The molecule has 2 aliphatic rings. The Labute approximate surface area is 191 Å². The van der Waals surface area contributed by atoms with E-state index in [1.54, 1.807) is 0 Å². The molecule has 32 heavy (non-hydrogen) atoms. The Morgan fingerprint density at radius 1 is 1.09 bits per heavy atom. The maximum atomic E-state index is 13.0. The molecular weight excluding hydrogens is 398 g/mol. The second kappa shape index (κ2) is 10.2. The van der Waals surface area contributed by atoms with Gasteiger partial charge in [0.2, 0.25) is 0 Å². The predicted molar refractivity (Wildman–Crippen MR) is 129 cm³/mol. The topological polar surface area (TPSA) is 55.8 Å². The molecule has 168 valence electrons. The molecule has 2 fully saturated rings. The highest BCUT2D eigenvalue weighted by atomic mass is 16.3. The minimum atomic E-state index is -0.0523. The fourth-order valence-corrected chi connectivity index (χ4v) is 4.87. The van der Waals surface area contributed by atoms with Crippen molar-refractivity contribution in [1.82, 2.24) is 9.80 Å². The molecule has 5 nitrogen and oxygen atoms in total. The lowest BCUT2D eigenvalue weighted by Gasteiger charge is -2.57. The maximum Gasteiger partial charge on any atom is 0.321 e. The van der Waals surface area contributed by atoms with Gasteiger partial charge in [-0.25, -0.2) is 4.79 Å². The summed E-state index contributed by atoms with van der Waals surface area (Å²) in [4.78, 5) is 17.3. The zero-order valence-corrected chi connectivity index (χ0v) is 19.0. The van der Waals surface area contributed by atoms with Crippen LogP contribution in [-0.2, 0) is 0 Å². The van der Waals surface area contributed by atoms with Crippen LogP contribution >= 0.6 is 0 Å². The smallest absolute Gasteiger partial charge is 0.321 e. The van der Waals surface area contributed by atoms with E-state index in [0.29, 0.717) is 12.5 Å². The molecule has 2 heterocycles. The molecule has 4 rings (SSSR count). The number of rotatable bonds is 3. The second-order valence-electron chi connectivity index (χ2n) is 9.08. The van der Waals surface area contributed by atoms with Crippen molar-refractivity contribution in [3.05, 3.63) is 65.7 Å². The third-order valence-electron chi connectivity index (χ3n) is 6.48. The van der Waals surface area contributed by atoms with Crippen LogP contribution in [0.4, 0.5) is 10.5 Å². The van der Waals surface area contributed by atoms with Gasteiger partial charge in [-0.15, -0.1) is 0 Å². The molecule has 2 N–H and O–H groups in total. The first-order valence-corrected chi connectivity index (χ1v) is 11.7. The number of nitrogens with one attached hydrogen (secondary N) is 1. The number of fused-ring (bicyclic) bond motifs is 1. The van der Waals surface area contributed by atoms with Crippen molar-refractivity contribution < 1.29 is 9.90 Å². The summed E-state index contributed by atoms with van der Waals surface area (Å²) in [6.45, 7) is 6.69. The first kappa shape index (κ1) is 22.4. The van der Waals surface area contributed by atoms with Crippen molar-refractivity contribution in [2.24, 2.45) is 5.92 Å². The van der Waals surface area contributed by atoms with Crippen LogP contribution in [0.15, 0.2) is 54.6 Å². The summed E-state index contributed by atoms with van der Waals surface area (Å²) in [6, 6.07) is 18.3. The number of para-hydroxylation sites is 1. The number of hydrogen-bond donors (Lipinski definition) is 2. The van der Waals surface area contributed by atoms with E-state index in [-0.39, 0.29) is 30.6 Å². The van der Waals surface area contributed by atoms with Crippen LogP contribution < -0.4 is 5.32 Å². The summed E-state index contributed by atoms with van der Waals surface area (Å²) < 4.78 is 0. The SMILES string of the molecule is CC(C)C#Cc1ccc([C@@H]2[C@H](CO)N3CCCCN(C(=O)Nc4ccccc4)C[C@@H]23)cc1. The Kier molecular flexibility index (Phi) is 7.14. The molecule has 2 amide bonds. The van der Waals surface area contributed by atoms with Gasteiger partial charge >= 0.3 is 6.03 Å². The third-order valence-corrected chi connectivity index (χ3v) is 6.48. The normalized spacial score (nSPS) is 23.2. The molecule has 3 atom stereocenters. The summed E-state index contributed by atoms with van der Waals surface area (Å²) in [5.74, 6) is 6.98. The molecule has 2 aromatic rings. The number of nitrogens with zero attached hydrogens (tertiary/aromatic N) is 2. The molecule has 0 unspecified atom stereocenters. The van der Waals surface area contributed by atoms with E-state index in [4.69, 9.17) is 0 Å². The lowest BCUT2D eigenvalue weighted by atomic mass is 9.74. The Bertz CT molecular complexity index is 962. The van der Waals surface area contributed by atoms with E-state index < -0.39 is 0 Å². The number of carbonyl (C=O) groups is 1. The van der Waals surface area contributed by atoms with Crippen LogP contribution in [0.3, 0.4) is 0 Å². The minimum absolute atomic E-state index is 0.0523. The highest BCUT2D eigenvalue weighted by Gasteiger charge is 2.49. The van der Waals surface area contributed by atoms with Gasteiger partial charge in [-0.2, -0.15) is 0 Å². The fourth-order valence-electron chi connectivity index (χ4n) is 4.87. The molecular formula is C27H33N3O2. The van der Waals surface area contributed by atoms with Gasteiger partial charge in [0, 0.05) is 48.3 Å². The lowest BCUT2D eigenvalue weighted by Crippen LogP contribution is -2.68. The standard InChI is InChI=1S/C27H33N3O2/c1-20(2)10-11-21-12-14-22(15-13-21)26-24-18-29(16-6-7-17-30(24)25(26)19-31)27(32)28-23-8-4-3-5-9-23/h3-5,8-9,12-15,20,24-26,31H,6-7,16-19H2,1-2H3,(H,28,32)/t24-,25-,26-/m0/s1. The van der Waals surface area contributed by atoms with Crippen LogP contribution in [0.5, 0.6) is 0 Å². The van der Waals surface area contributed by atoms with Gasteiger partial charge in [0.1, 0.15) is 0 Å². The highest BCUT2D eigenvalue weighted by molar-refractivity contribution is 5.89. The van der Waals surface area contributed by atoms with Gasteiger partial charge in [-0.1, -0.05) is 56.0 Å². The number of benzene rings is 2. The first-order chi connectivity index (χ1) is 15.6. The lowest BCUT2D eigenvalue weighted by molar-refractivity contribution is -0.0585. The van der Waals surface area contributed by atoms with Crippen LogP contribution in [0.25, 0.3) is 0 Å². The summed E-state index contributed by atoms with van der Waals surface area (Å²) in [6.07, 6.45) is 2.00. The molecule has 5 heteroatoms. The Balaban J connectivity index is 1.51. The molecule has 0 spiro atoms. The molecule has 0 bridgehead atoms. The Morgan fingerprint density at radius 3 is 2.50 bits per heavy atom. The molecule has 2 aromatic carbocycles. The van der Waals surface area contributed by atoms with E-state index in [9.17, 15) is 9.90 Å². The zero-order chi connectivity index (χ0) is 22.5. The van der Waals surface area contributed by atoms with E-state index >= 15 is 0 Å². The van der Waals surface area contributed by atoms with E-state index in [0.717, 1.165) is 37.2 Å². The summed E-state index contributed by atoms with van der Waals surface area (Å²) >= 11 is 0. The molecule has 2 saturated heterocycles. The quantitative estimate of drug-likeness (QED) is 0.718. The average molecular weight is 432 g/mol. The van der Waals surface area contributed by atoms with Crippen molar-refractivity contribution in [1.29, 1.82) is 0 Å². The number of amides is 2. The second-order valence-corrected chi connectivity index (χ2v) is 9.08. The molecule has 0 radical (unpaired) electrons. The molecule has 0 saturated carbocycles. The van der Waals surface area contributed by atoms with Gasteiger partial charge in [0.05, 0.1) is 6.61 Å². The van der Waals surface area contributed by atoms with Crippen molar-refractivity contribution in [3.63, 3.8) is 0 Å². The Hall–Kier alpha value is -2.81. The third kappa shape index (κ3) is 4.98. The zero-order valence-electron chi connectivity index (χ0n) is 19.0. The maximum absolute atomic E-state index is 13.0. The van der Waals surface area contributed by atoms with Crippen LogP contribution in [0.1, 0.15) is 43.7 Å². The summed E-state index contributed by atoms with van der Waals surface area (Å²) in [5.41, 5.74) is 3.04. The average Bonchev–Trinajstić information content (AvgIpc) is 2.78. The van der Waals surface area contributed by atoms with E-state index in [2.05, 4.69) is 60.2 Å². The van der Waals surface area contributed by atoms with Gasteiger partial charge < -0.3 is 15.3 Å². The number of urea groups is 1. The molecule has 0 aromatic heterocycles. The van der Waals surface area contributed by atoms with Crippen molar-refractivity contribution in [2.75, 3.05) is 31.6 Å². The van der Waals surface area contributed by atoms with Crippen LogP contribution in [-0.4, -0.2) is 59.3 Å². The number of aliphatic hydroxyl groups excluding tert-OH is 1. The summed E-state index contributed by atoms with van der Waals surface area (Å²) in [7, 11) is 0. The van der Waals surface area contributed by atoms with Gasteiger partial charge in [0.15, 0.2) is 0 Å². The number of anilines is 1. The monoisotopic (exact) mass is 431 g/mol. The van der Waals surface area contributed by atoms with Gasteiger partial charge in [-0.3, -0.25) is 4.90 Å². The Morgan fingerprint density at radius 2 is 1.81 bits per heavy atom. The van der Waals surface area contributed by atoms with Crippen molar-refractivity contribution in [3.8, 4) is 11.8 Å². The number of carbonyl (C=O) groups excluding carboxylic acids is 1. The largest absolute Gasteiger partial charge is 0.395 e. The van der Waals surface area contributed by atoms with Gasteiger partial charge in [0.25, 0.3) is 0 Å². The van der Waals surface area contributed by atoms with Crippen LogP contribution in [0, 0.1) is 17.8 Å². The van der Waals surface area contributed by atoms with Gasteiger partial charge in [-0.05, 0) is 49.2 Å². The number of aliphatic hydroxyl groups is 1. The minimum Gasteiger partial charge on any atom is -0.395 e. The van der Waals surface area contributed by atoms with E-state index in [1.165, 1.54) is 5.56 Å². The fraction of sp³-hybridized carbons (Fsp3) is 0.444. The highest BCUT2D eigenvalue weighted by Crippen LogP contribution is 2.42. The van der Waals surface area contributed by atoms with Crippen molar-refractivity contribution >= 4 is 11.7 Å². The van der Waals surface area contributed by atoms with Crippen LogP contribution in [0.2, 0.25) is 0 Å². The first-order valence-electron chi connectivity index (χ1n) is 11.7. The van der Waals surface area contributed by atoms with E-state index in [1.807, 2.05) is 35.2 Å². The molecule has 2 aliphatic heterocycles. The molecule has 0 aliphatic carbocycles. The predicted octanol–water partition coefficient (Wildman–Crippen LogP) is 4.15.